The molecule has 1 aromatic heterocycles. The molecule has 0 aliphatic heterocycles. The van der Waals surface area contributed by atoms with Crippen molar-refractivity contribution in [1.82, 2.24) is 15.1 Å². The van der Waals surface area contributed by atoms with Gasteiger partial charge in [-0.1, -0.05) is 24.3 Å². The van der Waals surface area contributed by atoms with Crippen LogP contribution in [0.25, 0.3) is 11.3 Å². The molecule has 4 rings (SSSR count). The lowest BCUT2D eigenvalue weighted by atomic mass is 9.94. The molecule has 5 nitrogen and oxygen atoms in total. The molecule has 3 atom stereocenters. The van der Waals surface area contributed by atoms with Crippen LogP contribution in [-0.2, 0) is 11.3 Å². The highest BCUT2D eigenvalue weighted by molar-refractivity contribution is 7.98. The zero-order chi connectivity index (χ0) is 18.8. The Bertz CT molecular complexity index is 920. The fourth-order valence-electron chi connectivity index (χ4n) is 4.04. The van der Waals surface area contributed by atoms with Crippen LogP contribution in [0.5, 0.6) is 0 Å². The summed E-state index contributed by atoms with van der Waals surface area (Å²) in [6.45, 7) is 0.626. The van der Waals surface area contributed by atoms with E-state index in [1.54, 1.807) is 17.8 Å². The van der Waals surface area contributed by atoms with Gasteiger partial charge in [-0.2, -0.15) is 5.10 Å². The van der Waals surface area contributed by atoms with Gasteiger partial charge in [0.25, 0.3) is 5.56 Å². The van der Waals surface area contributed by atoms with Crippen molar-refractivity contribution in [3.8, 4) is 11.3 Å². The highest BCUT2D eigenvalue weighted by Gasteiger charge is 2.35. The topological polar surface area (TPSA) is 64.0 Å². The molecule has 0 unspecified atom stereocenters. The van der Waals surface area contributed by atoms with E-state index in [4.69, 9.17) is 0 Å². The smallest absolute Gasteiger partial charge is 0.267 e. The Morgan fingerprint density at radius 2 is 2.00 bits per heavy atom. The van der Waals surface area contributed by atoms with Gasteiger partial charge >= 0.3 is 0 Å². The van der Waals surface area contributed by atoms with Gasteiger partial charge in [0.15, 0.2) is 0 Å². The lowest BCUT2D eigenvalue weighted by Gasteiger charge is -2.18. The Morgan fingerprint density at radius 1 is 1.19 bits per heavy atom. The van der Waals surface area contributed by atoms with E-state index in [9.17, 15) is 9.59 Å². The monoisotopic (exact) mass is 381 g/mol. The molecular formula is C21H23N3O2S. The maximum Gasteiger partial charge on any atom is 0.267 e. The number of carbonyl (C=O) groups excluding carboxylic acids is 1. The Labute approximate surface area is 162 Å². The van der Waals surface area contributed by atoms with Crippen molar-refractivity contribution in [2.24, 2.45) is 17.8 Å². The number of allylic oxidation sites excluding steroid dienone is 2. The predicted molar refractivity (Wildman–Crippen MR) is 108 cm³/mol. The Hall–Kier alpha value is -2.34. The average molecular weight is 382 g/mol. The second-order valence-electron chi connectivity index (χ2n) is 7.29. The summed E-state index contributed by atoms with van der Waals surface area (Å²) >= 11 is 1.67. The molecule has 2 bridgehead atoms. The standard InChI is InChI=1S/C21H23N3O2S/c1-27-18-6-4-15(5-7-18)19-8-9-21(26)24(23-19)13-20(25)22-12-17-11-14-2-3-16(17)10-14/h2-9,14,16-17H,10-13H2,1H3,(H,22,25)/t14-,16+,17+/m1/s1. The van der Waals surface area contributed by atoms with Crippen LogP contribution < -0.4 is 10.9 Å². The zero-order valence-corrected chi connectivity index (χ0v) is 16.1. The fourth-order valence-corrected chi connectivity index (χ4v) is 4.45. The van der Waals surface area contributed by atoms with Gasteiger partial charge in [-0.15, -0.1) is 11.8 Å². The number of fused-ring (bicyclic) bond motifs is 2. The van der Waals surface area contributed by atoms with Gasteiger partial charge in [-0.05, 0) is 55.1 Å². The summed E-state index contributed by atoms with van der Waals surface area (Å²) in [5, 5.41) is 7.37. The number of rotatable bonds is 6. The quantitative estimate of drug-likeness (QED) is 0.617. The molecule has 1 heterocycles. The molecule has 2 aliphatic rings. The molecule has 0 saturated heterocycles. The van der Waals surface area contributed by atoms with Crippen LogP contribution in [0.3, 0.4) is 0 Å². The average Bonchev–Trinajstić information content (AvgIpc) is 3.31. The Morgan fingerprint density at radius 3 is 2.67 bits per heavy atom. The number of benzene rings is 1. The van der Waals surface area contributed by atoms with Crippen LogP contribution in [0, 0.1) is 17.8 Å². The molecule has 0 radical (unpaired) electrons. The van der Waals surface area contributed by atoms with Crippen molar-refractivity contribution < 1.29 is 4.79 Å². The normalized spacial score (nSPS) is 22.9. The molecule has 27 heavy (non-hydrogen) atoms. The van der Waals surface area contributed by atoms with E-state index in [0.717, 1.165) is 12.0 Å². The number of hydrogen-bond acceptors (Lipinski definition) is 4. The maximum absolute atomic E-state index is 12.3. The summed E-state index contributed by atoms with van der Waals surface area (Å²) in [5.74, 6) is 1.65. The summed E-state index contributed by atoms with van der Waals surface area (Å²) in [7, 11) is 0. The van der Waals surface area contributed by atoms with Crippen molar-refractivity contribution >= 4 is 17.7 Å². The van der Waals surface area contributed by atoms with Crippen molar-refractivity contribution in [2.45, 2.75) is 24.3 Å². The van der Waals surface area contributed by atoms with Gasteiger partial charge in [-0.3, -0.25) is 9.59 Å². The van der Waals surface area contributed by atoms with E-state index in [1.165, 1.54) is 22.1 Å². The van der Waals surface area contributed by atoms with Gasteiger partial charge in [0.05, 0.1) is 5.69 Å². The molecule has 6 heteroatoms. The van der Waals surface area contributed by atoms with E-state index in [2.05, 4.69) is 22.6 Å². The zero-order valence-electron chi connectivity index (χ0n) is 15.3. The minimum absolute atomic E-state index is 0.0494. The van der Waals surface area contributed by atoms with Gasteiger partial charge in [0.1, 0.15) is 6.54 Å². The van der Waals surface area contributed by atoms with Crippen LogP contribution in [0.15, 0.2) is 58.2 Å². The van der Waals surface area contributed by atoms with Crippen LogP contribution in [0.4, 0.5) is 0 Å². The number of carbonyl (C=O) groups is 1. The van der Waals surface area contributed by atoms with Crippen LogP contribution >= 0.6 is 11.8 Å². The van der Waals surface area contributed by atoms with Crippen LogP contribution in [0.2, 0.25) is 0 Å². The van der Waals surface area contributed by atoms with Gasteiger partial charge in [0, 0.05) is 23.1 Å². The Balaban J connectivity index is 1.41. The number of hydrogen-bond donors (Lipinski definition) is 1. The van der Waals surface area contributed by atoms with Crippen molar-refractivity contribution in [2.75, 3.05) is 12.8 Å². The SMILES string of the molecule is CSc1ccc(-c2ccc(=O)n(CC(=O)NC[C@@H]3C[C@@H]4C=C[C@H]3C4)n2)cc1. The summed E-state index contributed by atoms with van der Waals surface area (Å²) in [6, 6.07) is 11.2. The number of aromatic nitrogens is 2. The number of nitrogens with one attached hydrogen (secondary N) is 1. The van der Waals surface area contributed by atoms with E-state index < -0.39 is 0 Å². The third-order valence-corrected chi connectivity index (χ3v) is 6.27. The van der Waals surface area contributed by atoms with Crippen LogP contribution in [-0.4, -0.2) is 28.5 Å². The first kappa shape index (κ1) is 18.0. The minimum Gasteiger partial charge on any atom is -0.354 e. The molecule has 1 N–H and O–H groups in total. The third-order valence-electron chi connectivity index (χ3n) is 5.52. The molecule has 140 valence electrons. The molecular weight excluding hydrogens is 358 g/mol. The third kappa shape index (κ3) is 4.00. The van der Waals surface area contributed by atoms with Crippen molar-refractivity contribution in [1.29, 1.82) is 0 Å². The Kier molecular flexibility index (Phi) is 5.16. The highest BCUT2D eigenvalue weighted by Crippen LogP contribution is 2.42. The summed E-state index contributed by atoms with van der Waals surface area (Å²) in [5.41, 5.74) is 1.35. The summed E-state index contributed by atoms with van der Waals surface area (Å²) in [4.78, 5) is 25.6. The van der Waals surface area contributed by atoms with Crippen molar-refractivity contribution in [3.63, 3.8) is 0 Å². The number of nitrogens with zero attached hydrogens (tertiary/aromatic N) is 2. The molecule has 1 amide bonds. The van der Waals surface area contributed by atoms with Gasteiger partial charge in [-0.25, -0.2) is 4.68 Å². The summed E-state index contributed by atoms with van der Waals surface area (Å²) in [6.07, 6.45) is 8.98. The molecule has 1 aromatic carbocycles. The first-order chi connectivity index (χ1) is 13.1. The molecule has 2 aromatic rings. The lowest BCUT2D eigenvalue weighted by molar-refractivity contribution is -0.122. The molecule has 1 saturated carbocycles. The lowest BCUT2D eigenvalue weighted by Crippen LogP contribution is -2.36. The van der Waals surface area contributed by atoms with Crippen LogP contribution in [0.1, 0.15) is 12.8 Å². The predicted octanol–water partition coefficient (Wildman–Crippen LogP) is 2.96. The van der Waals surface area contributed by atoms with E-state index >= 15 is 0 Å². The van der Waals surface area contributed by atoms with E-state index in [0.29, 0.717) is 30.0 Å². The highest BCUT2D eigenvalue weighted by atomic mass is 32.2. The molecule has 2 aliphatic carbocycles. The van der Waals surface area contributed by atoms with Gasteiger partial charge in [0.2, 0.25) is 5.91 Å². The fraction of sp³-hybridized carbons (Fsp3) is 0.381. The number of thioether (sulfide) groups is 1. The maximum atomic E-state index is 12.3. The first-order valence-corrected chi connectivity index (χ1v) is 10.5. The van der Waals surface area contributed by atoms with E-state index in [1.807, 2.05) is 30.5 Å². The minimum atomic E-state index is -0.266. The van der Waals surface area contributed by atoms with E-state index in [-0.39, 0.29) is 18.0 Å². The number of amides is 1. The molecule has 1 fully saturated rings. The second kappa shape index (κ2) is 7.72. The first-order valence-electron chi connectivity index (χ1n) is 9.30. The largest absolute Gasteiger partial charge is 0.354 e. The van der Waals surface area contributed by atoms with Gasteiger partial charge < -0.3 is 5.32 Å². The van der Waals surface area contributed by atoms with Crippen molar-refractivity contribution in [3.05, 3.63) is 58.9 Å². The summed E-state index contributed by atoms with van der Waals surface area (Å²) < 4.78 is 1.24. The molecule has 0 spiro atoms. The second-order valence-corrected chi connectivity index (χ2v) is 8.17.